The minimum Gasteiger partial charge on any atom is -0.324 e. The summed E-state index contributed by atoms with van der Waals surface area (Å²) in [6, 6.07) is 0. The van der Waals surface area contributed by atoms with Gasteiger partial charge in [0.1, 0.15) is 0 Å². The Kier molecular flexibility index (Phi) is 2.15. The Morgan fingerprint density at radius 2 is 2.13 bits per heavy atom. The molecular formula is C12H18N2S. The van der Waals surface area contributed by atoms with Crippen molar-refractivity contribution in [2.24, 2.45) is 17.6 Å². The van der Waals surface area contributed by atoms with E-state index in [0.29, 0.717) is 0 Å². The monoisotopic (exact) mass is 222 g/mol. The molecular weight excluding hydrogens is 204 g/mol. The van der Waals surface area contributed by atoms with E-state index in [-0.39, 0.29) is 5.54 Å². The molecule has 1 heterocycles. The van der Waals surface area contributed by atoms with Crippen molar-refractivity contribution in [2.45, 2.75) is 44.6 Å². The van der Waals surface area contributed by atoms with E-state index in [1.165, 1.54) is 31.4 Å². The van der Waals surface area contributed by atoms with E-state index in [0.717, 1.165) is 23.3 Å². The van der Waals surface area contributed by atoms with Gasteiger partial charge in [0.2, 0.25) is 0 Å². The molecule has 3 rings (SSSR count). The van der Waals surface area contributed by atoms with Crippen molar-refractivity contribution in [2.75, 3.05) is 0 Å². The lowest BCUT2D eigenvalue weighted by atomic mass is 10.0. The van der Waals surface area contributed by atoms with E-state index >= 15 is 0 Å². The van der Waals surface area contributed by atoms with Gasteiger partial charge in [-0.1, -0.05) is 12.8 Å². The molecule has 82 valence electrons. The van der Waals surface area contributed by atoms with Crippen molar-refractivity contribution >= 4 is 11.3 Å². The Bertz CT molecular complexity index is 359. The quantitative estimate of drug-likeness (QED) is 0.835. The van der Waals surface area contributed by atoms with Gasteiger partial charge in [-0.15, -0.1) is 11.3 Å². The van der Waals surface area contributed by atoms with Crippen LogP contribution in [0.2, 0.25) is 0 Å². The molecule has 0 aliphatic heterocycles. The van der Waals surface area contributed by atoms with Crippen LogP contribution >= 0.6 is 11.3 Å². The van der Waals surface area contributed by atoms with Crippen LogP contribution < -0.4 is 5.73 Å². The fourth-order valence-corrected chi connectivity index (χ4v) is 3.98. The van der Waals surface area contributed by atoms with E-state index in [1.54, 1.807) is 11.3 Å². The summed E-state index contributed by atoms with van der Waals surface area (Å²) in [5.74, 6) is 1.60. The van der Waals surface area contributed by atoms with Gasteiger partial charge in [0.25, 0.3) is 0 Å². The number of fused-ring (bicyclic) bond motifs is 1. The topological polar surface area (TPSA) is 38.9 Å². The summed E-state index contributed by atoms with van der Waals surface area (Å²) in [6.45, 7) is 2.07. The predicted molar refractivity (Wildman–Crippen MR) is 62.9 cm³/mol. The maximum atomic E-state index is 6.50. The van der Waals surface area contributed by atoms with Crippen LogP contribution in [0.5, 0.6) is 0 Å². The first-order valence-electron chi connectivity index (χ1n) is 5.90. The maximum Gasteiger partial charge on any atom is 0.0897 e. The molecule has 0 spiro atoms. The zero-order valence-electron chi connectivity index (χ0n) is 9.20. The minimum absolute atomic E-state index is 0.108. The van der Waals surface area contributed by atoms with Crippen molar-refractivity contribution in [1.82, 2.24) is 4.98 Å². The van der Waals surface area contributed by atoms with Gasteiger partial charge in [-0.05, 0) is 31.6 Å². The molecule has 2 aliphatic carbocycles. The first-order valence-corrected chi connectivity index (χ1v) is 6.78. The molecule has 0 radical (unpaired) electrons. The molecule has 2 saturated carbocycles. The van der Waals surface area contributed by atoms with Gasteiger partial charge in [-0.2, -0.15) is 0 Å². The maximum absolute atomic E-state index is 6.50. The van der Waals surface area contributed by atoms with Gasteiger partial charge in [-0.3, -0.25) is 0 Å². The Labute approximate surface area is 94.9 Å². The molecule has 0 aromatic carbocycles. The highest BCUT2D eigenvalue weighted by molar-refractivity contribution is 7.09. The minimum atomic E-state index is 0.108. The summed E-state index contributed by atoms with van der Waals surface area (Å²) < 4.78 is 0. The first-order chi connectivity index (χ1) is 7.20. The molecule has 3 heteroatoms. The number of hydrogen-bond acceptors (Lipinski definition) is 3. The van der Waals surface area contributed by atoms with Gasteiger partial charge < -0.3 is 5.73 Å². The van der Waals surface area contributed by atoms with E-state index < -0.39 is 0 Å². The lowest BCUT2D eigenvalue weighted by molar-refractivity contribution is 0.480. The summed E-state index contributed by atoms with van der Waals surface area (Å²) >= 11 is 1.74. The average molecular weight is 222 g/mol. The Morgan fingerprint density at radius 3 is 2.67 bits per heavy atom. The highest BCUT2D eigenvalue weighted by Crippen LogP contribution is 2.58. The third-order valence-electron chi connectivity index (χ3n) is 4.19. The van der Waals surface area contributed by atoms with Gasteiger partial charge >= 0.3 is 0 Å². The van der Waals surface area contributed by atoms with Crippen molar-refractivity contribution in [1.29, 1.82) is 0 Å². The normalized spacial score (nSPS) is 38.8. The number of aryl methyl sites for hydroxylation is 1. The average Bonchev–Trinajstić information content (AvgIpc) is 2.60. The molecule has 0 amide bonds. The molecule has 2 fully saturated rings. The van der Waals surface area contributed by atoms with Crippen LogP contribution in [-0.4, -0.2) is 10.5 Å². The molecule has 0 saturated heterocycles. The molecule has 1 aromatic heterocycles. The lowest BCUT2D eigenvalue weighted by Crippen LogP contribution is -2.29. The van der Waals surface area contributed by atoms with Gasteiger partial charge in [0.15, 0.2) is 0 Å². The van der Waals surface area contributed by atoms with Gasteiger partial charge in [0, 0.05) is 17.3 Å². The van der Waals surface area contributed by atoms with Crippen LogP contribution in [0.1, 0.15) is 36.4 Å². The van der Waals surface area contributed by atoms with Crippen LogP contribution in [0, 0.1) is 18.8 Å². The molecule has 2 nitrogen and oxygen atoms in total. The summed E-state index contributed by atoms with van der Waals surface area (Å²) in [5.41, 5.74) is 7.83. The third-order valence-corrected chi connectivity index (χ3v) is 5.01. The Morgan fingerprint density at radius 1 is 1.47 bits per heavy atom. The lowest BCUT2D eigenvalue weighted by Gasteiger charge is -2.08. The standard InChI is InChI=1S/C12H18N2S/c1-8-14-9(7-15-8)6-12(13)10-4-2-3-5-11(10)12/h7,10-11H,2-6,13H2,1H3. The fourth-order valence-electron chi connectivity index (χ4n) is 3.36. The fraction of sp³-hybridized carbons (Fsp3) is 0.750. The van der Waals surface area contributed by atoms with Crippen LogP contribution in [-0.2, 0) is 6.42 Å². The molecule has 0 bridgehead atoms. The second-order valence-corrected chi connectivity index (χ2v) is 6.21. The molecule has 2 N–H and O–H groups in total. The molecule has 2 atom stereocenters. The number of rotatable bonds is 2. The van der Waals surface area contributed by atoms with Gasteiger partial charge in [0.05, 0.1) is 10.7 Å². The highest BCUT2D eigenvalue weighted by Gasteiger charge is 2.61. The zero-order valence-corrected chi connectivity index (χ0v) is 10.0. The van der Waals surface area contributed by atoms with E-state index in [1.807, 2.05) is 0 Å². The summed E-state index contributed by atoms with van der Waals surface area (Å²) in [4.78, 5) is 4.53. The second kappa shape index (κ2) is 3.29. The number of hydrogen-bond donors (Lipinski definition) is 1. The number of nitrogens with zero attached hydrogens (tertiary/aromatic N) is 1. The number of thiazole rings is 1. The number of aromatic nitrogens is 1. The SMILES string of the molecule is Cc1nc(CC2(N)C3CCCCC32)cs1. The Balaban J connectivity index is 1.73. The smallest absolute Gasteiger partial charge is 0.0897 e. The third kappa shape index (κ3) is 1.53. The highest BCUT2D eigenvalue weighted by atomic mass is 32.1. The zero-order chi connectivity index (χ0) is 10.5. The van der Waals surface area contributed by atoms with E-state index in [2.05, 4.69) is 17.3 Å². The first kappa shape index (κ1) is 9.79. The van der Waals surface area contributed by atoms with Crippen LogP contribution in [0.15, 0.2) is 5.38 Å². The largest absolute Gasteiger partial charge is 0.324 e. The van der Waals surface area contributed by atoms with Crippen LogP contribution in [0.4, 0.5) is 0 Å². The van der Waals surface area contributed by atoms with Gasteiger partial charge in [-0.25, -0.2) is 4.98 Å². The number of nitrogens with two attached hydrogens (primary N) is 1. The molecule has 2 unspecified atom stereocenters. The Hall–Kier alpha value is -0.410. The molecule has 2 aliphatic rings. The molecule has 15 heavy (non-hydrogen) atoms. The molecule has 1 aromatic rings. The van der Waals surface area contributed by atoms with Crippen molar-refractivity contribution in [3.8, 4) is 0 Å². The second-order valence-electron chi connectivity index (χ2n) is 5.14. The van der Waals surface area contributed by atoms with Crippen LogP contribution in [0.25, 0.3) is 0 Å². The van der Waals surface area contributed by atoms with E-state index in [9.17, 15) is 0 Å². The van der Waals surface area contributed by atoms with Crippen LogP contribution in [0.3, 0.4) is 0 Å². The summed E-state index contributed by atoms with van der Waals surface area (Å²) in [7, 11) is 0. The summed E-state index contributed by atoms with van der Waals surface area (Å²) in [5, 5.41) is 3.34. The van der Waals surface area contributed by atoms with E-state index in [4.69, 9.17) is 5.73 Å². The van der Waals surface area contributed by atoms with Crippen molar-refractivity contribution < 1.29 is 0 Å². The van der Waals surface area contributed by atoms with Crippen molar-refractivity contribution in [3.63, 3.8) is 0 Å². The van der Waals surface area contributed by atoms with Crippen molar-refractivity contribution in [3.05, 3.63) is 16.1 Å². The predicted octanol–water partition coefficient (Wildman–Crippen LogP) is 2.51. The summed E-state index contributed by atoms with van der Waals surface area (Å²) in [6.07, 6.45) is 6.48.